The average Bonchev–Trinajstić information content (AvgIpc) is 3.42. The molecule has 32 heavy (non-hydrogen) atoms. The summed E-state index contributed by atoms with van der Waals surface area (Å²) in [5.41, 5.74) is 9.80. The normalized spacial score (nSPS) is 18.8. The molecule has 0 unspecified atom stereocenters. The van der Waals surface area contributed by atoms with E-state index in [1.165, 1.54) is 6.21 Å². The lowest BCUT2D eigenvalue weighted by Gasteiger charge is -2.12. The number of hydrogen-bond donors (Lipinski definition) is 4. The molecule has 5 N–H and O–H groups in total. The van der Waals surface area contributed by atoms with Crippen LogP contribution in [0.4, 0.5) is 5.95 Å². The summed E-state index contributed by atoms with van der Waals surface area (Å²) in [5, 5.41) is 22.7. The highest BCUT2D eigenvalue weighted by molar-refractivity contribution is 6.08. The van der Waals surface area contributed by atoms with Gasteiger partial charge < -0.3 is 26.5 Å². The van der Waals surface area contributed by atoms with E-state index in [0.717, 1.165) is 36.1 Å². The van der Waals surface area contributed by atoms with E-state index in [0.29, 0.717) is 42.9 Å². The summed E-state index contributed by atoms with van der Waals surface area (Å²) in [6.07, 6.45) is 7.79. The van der Waals surface area contributed by atoms with Gasteiger partial charge in [-0.15, -0.1) is 5.10 Å². The zero-order valence-electron chi connectivity index (χ0n) is 18.2. The van der Waals surface area contributed by atoms with E-state index in [1.807, 2.05) is 37.4 Å². The molecule has 0 aliphatic heterocycles. The molecule has 168 valence electrons. The lowest BCUT2D eigenvalue weighted by atomic mass is 10.1. The van der Waals surface area contributed by atoms with Crippen molar-refractivity contribution in [2.75, 3.05) is 25.1 Å². The standard InChI is InChI=1S/C22H29N9O/c1-2-32-10-9-25-13-16(12-23)15-3-7-19(8-4-15)31-21-20(29-30-31)14-26-22(28-21)27-18-6-5-17(24)11-18/h3-4,7-8,12-14,17-18,23,25H,2,5-6,9-11,24H2,1H3,(H,26,27,28)/b16-13+,23-12?/t17-,18-/m1/s1. The van der Waals surface area contributed by atoms with Crippen LogP contribution >= 0.6 is 0 Å². The number of anilines is 1. The van der Waals surface area contributed by atoms with Crippen LogP contribution in [0.5, 0.6) is 0 Å². The first-order valence-corrected chi connectivity index (χ1v) is 10.9. The number of nitrogens with zero attached hydrogens (tertiary/aromatic N) is 5. The van der Waals surface area contributed by atoms with Crippen LogP contribution in [-0.4, -0.2) is 63.0 Å². The fourth-order valence-corrected chi connectivity index (χ4v) is 3.76. The maximum Gasteiger partial charge on any atom is 0.225 e. The van der Waals surface area contributed by atoms with Crippen LogP contribution in [0, 0.1) is 5.41 Å². The highest BCUT2D eigenvalue weighted by Gasteiger charge is 2.22. The molecule has 10 heteroatoms. The van der Waals surface area contributed by atoms with Crippen LogP contribution in [-0.2, 0) is 4.74 Å². The number of allylic oxidation sites excluding steroid dienone is 1. The smallest absolute Gasteiger partial charge is 0.225 e. The molecule has 0 bridgehead atoms. The van der Waals surface area contributed by atoms with Gasteiger partial charge in [-0.25, -0.2) is 4.98 Å². The summed E-state index contributed by atoms with van der Waals surface area (Å²) >= 11 is 0. The van der Waals surface area contributed by atoms with E-state index in [4.69, 9.17) is 15.9 Å². The molecule has 0 radical (unpaired) electrons. The second-order valence-electron chi connectivity index (χ2n) is 7.76. The highest BCUT2D eigenvalue weighted by Crippen LogP contribution is 2.22. The first kappa shape index (κ1) is 21.8. The van der Waals surface area contributed by atoms with Crippen LogP contribution < -0.4 is 16.4 Å². The molecule has 1 aliphatic rings. The summed E-state index contributed by atoms with van der Waals surface area (Å²) in [7, 11) is 0. The van der Waals surface area contributed by atoms with Crippen LogP contribution in [0.15, 0.2) is 36.7 Å². The molecule has 1 aromatic carbocycles. The third-order valence-electron chi connectivity index (χ3n) is 5.45. The van der Waals surface area contributed by atoms with Crippen molar-refractivity contribution in [2.24, 2.45) is 5.73 Å². The topological polar surface area (TPSA) is 140 Å². The number of rotatable bonds is 10. The molecule has 10 nitrogen and oxygen atoms in total. The molecule has 0 spiro atoms. The third-order valence-corrected chi connectivity index (χ3v) is 5.45. The van der Waals surface area contributed by atoms with Gasteiger partial charge in [0, 0.05) is 43.2 Å². The quantitative estimate of drug-likeness (QED) is 0.280. The van der Waals surface area contributed by atoms with Crippen LogP contribution in [0.2, 0.25) is 0 Å². The molecule has 1 fully saturated rings. The number of nitrogens with one attached hydrogen (secondary N) is 3. The number of aromatic nitrogens is 5. The SMILES string of the molecule is CCOCCN/C=C(\C=N)c1ccc(-n2nnc3cnc(N[C@@H]4CC[C@@H](N)C4)nc32)cc1. The van der Waals surface area contributed by atoms with Gasteiger partial charge in [-0.1, -0.05) is 17.3 Å². The maximum atomic E-state index is 7.72. The van der Waals surface area contributed by atoms with Gasteiger partial charge in [0.05, 0.1) is 18.5 Å². The van der Waals surface area contributed by atoms with E-state index < -0.39 is 0 Å². The Morgan fingerprint density at radius 3 is 2.88 bits per heavy atom. The van der Waals surface area contributed by atoms with Crippen molar-refractivity contribution >= 4 is 28.9 Å². The van der Waals surface area contributed by atoms with Crippen LogP contribution in [0.3, 0.4) is 0 Å². The summed E-state index contributed by atoms with van der Waals surface area (Å²) in [5.74, 6) is 0.559. The van der Waals surface area contributed by atoms with E-state index in [1.54, 1.807) is 10.9 Å². The summed E-state index contributed by atoms with van der Waals surface area (Å²) < 4.78 is 7.01. The van der Waals surface area contributed by atoms with Crippen molar-refractivity contribution in [3.8, 4) is 5.69 Å². The average molecular weight is 436 g/mol. The Balaban J connectivity index is 1.50. The Morgan fingerprint density at radius 1 is 1.31 bits per heavy atom. The Bertz CT molecular complexity index is 1080. The zero-order valence-corrected chi connectivity index (χ0v) is 18.2. The number of fused-ring (bicyclic) bond motifs is 1. The van der Waals surface area contributed by atoms with Crippen molar-refractivity contribution < 1.29 is 4.74 Å². The monoisotopic (exact) mass is 435 g/mol. The van der Waals surface area contributed by atoms with Gasteiger partial charge in [-0.3, -0.25) is 0 Å². The first-order valence-electron chi connectivity index (χ1n) is 10.9. The van der Waals surface area contributed by atoms with Gasteiger partial charge in [-0.05, 0) is 43.9 Å². The Hall–Kier alpha value is -3.37. The Kier molecular flexibility index (Phi) is 7.03. The molecule has 1 saturated carbocycles. The predicted octanol–water partition coefficient (Wildman–Crippen LogP) is 2.12. The molecule has 3 aromatic rings. The minimum absolute atomic E-state index is 0.238. The summed E-state index contributed by atoms with van der Waals surface area (Å²) in [6, 6.07) is 8.30. The molecular formula is C22H29N9O. The van der Waals surface area contributed by atoms with Crippen molar-refractivity contribution in [3.05, 3.63) is 42.2 Å². The maximum absolute atomic E-state index is 7.72. The van der Waals surface area contributed by atoms with Gasteiger partial charge in [-0.2, -0.15) is 9.67 Å². The molecular weight excluding hydrogens is 406 g/mol. The molecule has 1 aliphatic carbocycles. The van der Waals surface area contributed by atoms with Crippen LogP contribution in [0.25, 0.3) is 22.4 Å². The molecule has 2 atom stereocenters. The Labute approximate surface area is 186 Å². The van der Waals surface area contributed by atoms with Crippen molar-refractivity contribution in [1.29, 1.82) is 5.41 Å². The van der Waals surface area contributed by atoms with Gasteiger partial charge in [0.2, 0.25) is 5.95 Å². The van der Waals surface area contributed by atoms with Crippen molar-refractivity contribution in [2.45, 2.75) is 38.3 Å². The van der Waals surface area contributed by atoms with Crippen molar-refractivity contribution in [3.63, 3.8) is 0 Å². The molecule has 4 rings (SSSR count). The first-order chi connectivity index (χ1) is 15.7. The van der Waals surface area contributed by atoms with E-state index in [2.05, 4.69) is 30.9 Å². The van der Waals surface area contributed by atoms with E-state index >= 15 is 0 Å². The highest BCUT2D eigenvalue weighted by atomic mass is 16.5. The third kappa shape index (κ3) is 5.09. The fourth-order valence-electron chi connectivity index (χ4n) is 3.76. The number of hydrogen-bond acceptors (Lipinski definition) is 9. The number of benzene rings is 1. The molecule has 2 aromatic heterocycles. The van der Waals surface area contributed by atoms with Crippen molar-refractivity contribution in [1.82, 2.24) is 30.3 Å². The van der Waals surface area contributed by atoms with Gasteiger partial charge in [0.15, 0.2) is 11.2 Å². The fraction of sp³-hybridized carbons (Fsp3) is 0.409. The molecule has 0 amide bonds. The predicted molar refractivity (Wildman–Crippen MR) is 125 cm³/mol. The molecule has 2 heterocycles. The minimum Gasteiger partial charge on any atom is -0.388 e. The second-order valence-corrected chi connectivity index (χ2v) is 7.76. The minimum atomic E-state index is 0.238. The second kappa shape index (κ2) is 10.3. The summed E-state index contributed by atoms with van der Waals surface area (Å²) in [6.45, 7) is 3.98. The summed E-state index contributed by atoms with van der Waals surface area (Å²) in [4.78, 5) is 9.02. The lowest BCUT2D eigenvalue weighted by molar-refractivity contribution is 0.152. The van der Waals surface area contributed by atoms with Crippen LogP contribution in [0.1, 0.15) is 31.7 Å². The lowest BCUT2D eigenvalue weighted by Crippen LogP contribution is -2.21. The zero-order chi connectivity index (χ0) is 22.3. The van der Waals surface area contributed by atoms with Gasteiger partial charge in [0.1, 0.15) is 0 Å². The van der Waals surface area contributed by atoms with Gasteiger partial charge in [0.25, 0.3) is 0 Å². The van der Waals surface area contributed by atoms with E-state index in [9.17, 15) is 0 Å². The number of nitrogens with two attached hydrogens (primary N) is 1. The van der Waals surface area contributed by atoms with Gasteiger partial charge >= 0.3 is 0 Å². The van der Waals surface area contributed by atoms with E-state index in [-0.39, 0.29) is 6.04 Å². The largest absolute Gasteiger partial charge is 0.388 e. The molecule has 0 saturated heterocycles. The Morgan fingerprint density at radius 2 is 2.16 bits per heavy atom. The number of ether oxygens (including phenoxy) is 1.